The molecule has 0 radical (unpaired) electrons. The molecule has 1 aromatic carbocycles. The summed E-state index contributed by atoms with van der Waals surface area (Å²) in [7, 11) is 0. The number of rotatable bonds is 3. The quantitative estimate of drug-likeness (QED) is 0.931. The van der Waals surface area contributed by atoms with Gasteiger partial charge in [0.25, 0.3) is 0 Å². The lowest BCUT2D eigenvalue weighted by molar-refractivity contribution is -0.128. The van der Waals surface area contributed by atoms with E-state index in [0.29, 0.717) is 10.2 Å². The number of amides is 1. The normalized spacial score (nSPS) is 15.1. The minimum atomic E-state index is -0.353. The fraction of sp³-hybridized carbons (Fsp3) is 0.417. The first kappa shape index (κ1) is 12.4. The predicted molar refractivity (Wildman–Crippen MR) is 68.4 cm³/mol. The van der Waals surface area contributed by atoms with E-state index in [9.17, 15) is 9.18 Å². The highest BCUT2D eigenvalue weighted by Crippen LogP contribution is 2.19. The van der Waals surface area contributed by atoms with Gasteiger partial charge in [-0.15, -0.1) is 0 Å². The Morgan fingerprint density at radius 2 is 2.12 bits per heavy atom. The Hall–Kier alpha value is -1.10. The molecule has 1 aromatic rings. The molecule has 0 aromatic heterocycles. The average Bonchev–Trinajstić information content (AvgIpc) is 2.81. The van der Waals surface area contributed by atoms with E-state index in [1.807, 2.05) is 4.90 Å². The molecular weight excluding hydrogens is 287 g/mol. The highest BCUT2D eigenvalue weighted by atomic mass is 79.9. The van der Waals surface area contributed by atoms with Gasteiger partial charge in [-0.25, -0.2) is 4.39 Å². The number of hydrogen-bond donors (Lipinski definition) is 1. The molecule has 1 amide bonds. The van der Waals surface area contributed by atoms with Gasteiger partial charge in [-0.05, 0) is 31.0 Å². The molecule has 0 saturated carbocycles. The van der Waals surface area contributed by atoms with E-state index >= 15 is 0 Å². The van der Waals surface area contributed by atoms with E-state index in [1.54, 1.807) is 12.1 Å². The summed E-state index contributed by atoms with van der Waals surface area (Å²) in [6.45, 7) is 1.80. The largest absolute Gasteiger partial charge is 0.374 e. The van der Waals surface area contributed by atoms with Gasteiger partial charge in [-0.1, -0.05) is 15.9 Å². The number of benzene rings is 1. The lowest BCUT2D eigenvalue weighted by Gasteiger charge is -2.16. The number of carbonyl (C=O) groups is 1. The second-order valence-corrected chi connectivity index (χ2v) is 4.98. The molecule has 1 heterocycles. The van der Waals surface area contributed by atoms with Gasteiger partial charge in [0.1, 0.15) is 5.82 Å². The standard InChI is InChI=1S/C12H14BrFN2O/c13-9-3-4-11(10(14)7-9)15-8-12(17)16-5-1-2-6-16/h3-4,7,15H,1-2,5-6,8H2. The molecule has 17 heavy (non-hydrogen) atoms. The van der Waals surface area contributed by atoms with Crippen LogP contribution in [0.25, 0.3) is 0 Å². The smallest absolute Gasteiger partial charge is 0.241 e. The van der Waals surface area contributed by atoms with Crippen LogP contribution in [0.1, 0.15) is 12.8 Å². The van der Waals surface area contributed by atoms with Crippen molar-refractivity contribution in [2.24, 2.45) is 0 Å². The van der Waals surface area contributed by atoms with E-state index in [0.717, 1.165) is 25.9 Å². The molecule has 0 atom stereocenters. The number of likely N-dealkylation sites (tertiary alicyclic amines) is 1. The van der Waals surface area contributed by atoms with Crippen LogP contribution in [0.4, 0.5) is 10.1 Å². The number of halogens is 2. The molecule has 3 nitrogen and oxygen atoms in total. The molecular formula is C12H14BrFN2O. The third kappa shape index (κ3) is 3.19. The maximum Gasteiger partial charge on any atom is 0.241 e. The molecule has 1 aliphatic heterocycles. The highest BCUT2D eigenvalue weighted by Gasteiger charge is 2.17. The SMILES string of the molecule is O=C(CNc1ccc(Br)cc1F)N1CCCC1. The van der Waals surface area contributed by atoms with Crippen molar-refractivity contribution in [3.05, 3.63) is 28.5 Å². The molecule has 92 valence electrons. The van der Waals surface area contributed by atoms with Crippen LogP contribution < -0.4 is 5.32 Å². The van der Waals surface area contributed by atoms with Gasteiger partial charge >= 0.3 is 0 Å². The van der Waals surface area contributed by atoms with Crippen LogP contribution in [-0.4, -0.2) is 30.4 Å². The van der Waals surface area contributed by atoms with Gasteiger partial charge in [-0.2, -0.15) is 0 Å². The van der Waals surface area contributed by atoms with Gasteiger partial charge in [0.15, 0.2) is 0 Å². The molecule has 0 aliphatic carbocycles. The van der Waals surface area contributed by atoms with E-state index in [-0.39, 0.29) is 18.3 Å². The van der Waals surface area contributed by atoms with Gasteiger partial charge in [0.2, 0.25) is 5.91 Å². The fourth-order valence-electron chi connectivity index (χ4n) is 1.88. The summed E-state index contributed by atoms with van der Waals surface area (Å²) in [5.74, 6) is -0.321. The zero-order chi connectivity index (χ0) is 12.3. The predicted octanol–water partition coefficient (Wildman–Crippen LogP) is 2.62. The zero-order valence-corrected chi connectivity index (χ0v) is 11.0. The molecule has 1 N–H and O–H groups in total. The summed E-state index contributed by atoms with van der Waals surface area (Å²) >= 11 is 3.19. The molecule has 0 unspecified atom stereocenters. The van der Waals surface area contributed by atoms with Crippen LogP contribution in [0.5, 0.6) is 0 Å². The molecule has 1 aliphatic rings. The molecule has 2 rings (SSSR count). The van der Waals surface area contributed by atoms with Crippen LogP contribution in [0.2, 0.25) is 0 Å². The first-order valence-corrected chi connectivity index (χ1v) is 6.43. The van der Waals surface area contributed by atoms with Crippen molar-refractivity contribution in [2.75, 3.05) is 25.0 Å². The third-order valence-corrected chi connectivity index (χ3v) is 3.31. The second kappa shape index (κ2) is 5.49. The van der Waals surface area contributed by atoms with Crippen molar-refractivity contribution in [3.63, 3.8) is 0 Å². The Bertz CT molecular complexity index is 419. The second-order valence-electron chi connectivity index (χ2n) is 4.07. The van der Waals surface area contributed by atoms with E-state index in [2.05, 4.69) is 21.2 Å². The van der Waals surface area contributed by atoms with Crippen LogP contribution >= 0.6 is 15.9 Å². The monoisotopic (exact) mass is 300 g/mol. The Morgan fingerprint density at radius 1 is 1.41 bits per heavy atom. The van der Waals surface area contributed by atoms with Crippen molar-refractivity contribution in [3.8, 4) is 0 Å². The van der Waals surface area contributed by atoms with Gasteiger partial charge in [0.05, 0.1) is 12.2 Å². The summed E-state index contributed by atoms with van der Waals surface area (Å²) in [6.07, 6.45) is 2.14. The number of nitrogens with one attached hydrogen (secondary N) is 1. The van der Waals surface area contributed by atoms with Crippen molar-refractivity contribution in [1.29, 1.82) is 0 Å². The summed E-state index contributed by atoms with van der Waals surface area (Å²) in [4.78, 5) is 13.5. The third-order valence-electron chi connectivity index (χ3n) is 2.82. The van der Waals surface area contributed by atoms with E-state index in [1.165, 1.54) is 6.07 Å². The molecule has 1 saturated heterocycles. The molecule has 0 spiro atoms. The lowest BCUT2D eigenvalue weighted by Crippen LogP contribution is -2.33. The zero-order valence-electron chi connectivity index (χ0n) is 9.38. The Balaban J connectivity index is 1.90. The molecule has 0 bridgehead atoms. The van der Waals surface area contributed by atoms with Gasteiger partial charge in [-0.3, -0.25) is 4.79 Å². The van der Waals surface area contributed by atoms with Crippen LogP contribution in [0.3, 0.4) is 0 Å². The number of hydrogen-bond acceptors (Lipinski definition) is 2. The van der Waals surface area contributed by atoms with Crippen LogP contribution in [0.15, 0.2) is 22.7 Å². The first-order chi connectivity index (χ1) is 8.16. The summed E-state index contributed by atoms with van der Waals surface area (Å²) in [5.41, 5.74) is 0.362. The summed E-state index contributed by atoms with van der Waals surface area (Å²) < 4.78 is 14.1. The topological polar surface area (TPSA) is 32.3 Å². The molecule has 1 fully saturated rings. The van der Waals surface area contributed by atoms with Crippen LogP contribution in [-0.2, 0) is 4.79 Å². The fourth-order valence-corrected chi connectivity index (χ4v) is 2.22. The highest BCUT2D eigenvalue weighted by molar-refractivity contribution is 9.10. The van der Waals surface area contributed by atoms with Crippen molar-refractivity contribution < 1.29 is 9.18 Å². The minimum Gasteiger partial charge on any atom is -0.374 e. The first-order valence-electron chi connectivity index (χ1n) is 5.63. The van der Waals surface area contributed by atoms with Crippen molar-refractivity contribution in [1.82, 2.24) is 4.90 Å². The maximum atomic E-state index is 13.5. The minimum absolute atomic E-state index is 0.0322. The number of anilines is 1. The van der Waals surface area contributed by atoms with Crippen LogP contribution in [0, 0.1) is 5.82 Å². The molecule has 5 heteroatoms. The number of nitrogens with zero attached hydrogens (tertiary/aromatic N) is 1. The summed E-state index contributed by atoms with van der Waals surface area (Å²) in [5, 5.41) is 2.83. The Labute approximate surface area is 108 Å². The Kier molecular flexibility index (Phi) is 3.99. The van der Waals surface area contributed by atoms with Crippen molar-refractivity contribution in [2.45, 2.75) is 12.8 Å². The van der Waals surface area contributed by atoms with Gasteiger partial charge < -0.3 is 10.2 Å². The van der Waals surface area contributed by atoms with E-state index in [4.69, 9.17) is 0 Å². The van der Waals surface area contributed by atoms with E-state index < -0.39 is 0 Å². The number of carbonyl (C=O) groups excluding carboxylic acids is 1. The van der Waals surface area contributed by atoms with Gasteiger partial charge in [0, 0.05) is 17.6 Å². The summed E-state index contributed by atoms with van der Waals surface area (Å²) in [6, 6.07) is 4.74. The van der Waals surface area contributed by atoms with Crippen molar-refractivity contribution >= 4 is 27.5 Å². The lowest BCUT2D eigenvalue weighted by atomic mass is 10.3. The maximum absolute atomic E-state index is 13.5. The Morgan fingerprint density at radius 3 is 2.76 bits per heavy atom. The average molecular weight is 301 g/mol.